The summed E-state index contributed by atoms with van der Waals surface area (Å²) in [5, 5.41) is 20.3. The topological polar surface area (TPSA) is 195 Å². The molecule has 12 heteroatoms. The van der Waals surface area contributed by atoms with Crippen molar-refractivity contribution in [2.75, 3.05) is 22.9 Å². The van der Waals surface area contributed by atoms with Crippen molar-refractivity contribution < 1.29 is 49.2 Å². The number of nitrogens with zero attached hydrogens (tertiary/aromatic N) is 2. The first-order valence-electron chi connectivity index (χ1n) is 12.7. The number of fused-ring (bicyclic) bond motifs is 4. The Labute approximate surface area is 259 Å². The molecule has 43 heavy (non-hydrogen) atoms. The molecule has 4 aromatic carbocycles. The summed E-state index contributed by atoms with van der Waals surface area (Å²) < 4.78 is 2.12. The van der Waals surface area contributed by atoms with E-state index < -0.39 is 11.9 Å². The Balaban J connectivity index is 0.000000234. The molecular formula is C31H31Cl2N6O4-. The highest BCUT2D eigenvalue weighted by atomic mass is 35.5. The van der Waals surface area contributed by atoms with E-state index in [1.54, 1.807) is 0 Å². The summed E-state index contributed by atoms with van der Waals surface area (Å²) in [5.41, 5.74) is 30.2. The summed E-state index contributed by atoms with van der Waals surface area (Å²) in [7, 11) is 2.03. The van der Waals surface area contributed by atoms with Crippen LogP contribution < -0.4 is 52.3 Å². The molecule has 0 aliphatic heterocycles. The molecule has 0 fully saturated rings. The van der Waals surface area contributed by atoms with Gasteiger partial charge in [-0.2, -0.15) is 4.57 Å². The average molecular weight is 623 g/mol. The van der Waals surface area contributed by atoms with Gasteiger partial charge in [0.05, 0.1) is 23.9 Å². The van der Waals surface area contributed by atoms with Gasteiger partial charge in [0.2, 0.25) is 11.0 Å². The van der Waals surface area contributed by atoms with E-state index in [1.165, 1.54) is 10.8 Å². The number of pyridine rings is 2. The number of anilines is 4. The third-order valence-corrected chi connectivity index (χ3v) is 6.36. The van der Waals surface area contributed by atoms with Crippen molar-refractivity contribution in [1.82, 2.24) is 4.98 Å². The van der Waals surface area contributed by atoms with Gasteiger partial charge in [-0.25, -0.2) is 4.98 Å². The number of aromatic nitrogens is 2. The number of nitrogen functional groups attached to an aromatic ring is 4. The van der Waals surface area contributed by atoms with E-state index in [0.29, 0.717) is 0 Å². The number of nitrogens with two attached hydrogens (primary N) is 4. The number of hydrogen-bond donors (Lipinski definition) is 6. The minimum absolute atomic E-state index is 0. The molecule has 0 amide bonds. The van der Waals surface area contributed by atoms with Crippen LogP contribution in [-0.2, 0) is 16.6 Å². The lowest BCUT2D eigenvalue weighted by molar-refractivity contribution is -0.617. The van der Waals surface area contributed by atoms with Crippen molar-refractivity contribution in [3.8, 4) is 0 Å². The number of aryl methyl sites for hydroxylation is 1. The van der Waals surface area contributed by atoms with Crippen molar-refractivity contribution >= 4 is 78.3 Å². The van der Waals surface area contributed by atoms with Crippen molar-refractivity contribution in [2.45, 2.75) is 12.8 Å². The lowest BCUT2D eigenvalue weighted by Gasteiger charge is -2.03. The van der Waals surface area contributed by atoms with Crippen molar-refractivity contribution in [1.29, 1.82) is 0 Å². The zero-order valence-electron chi connectivity index (χ0n) is 23.2. The van der Waals surface area contributed by atoms with Gasteiger partial charge in [0.25, 0.3) is 0 Å². The molecule has 0 aliphatic carbocycles. The Bertz CT molecular complexity index is 1800. The van der Waals surface area contributed by atoms with Gasteiger partial charge in [0.15, 0.2) is 0 Å². The van der Waals surface area contributed by atoms with Crippen LogP contribution in [0.2, 0.25) is 0 Å². The van der Waals surface area contributed by atoms with E-state index in [2.05, 4.69) is 21.7 Å². The quantitative estimate of drug-likeness (QED) is 0.0772. The highest BCUT2D eigenvalue weighted by molar-refractivity contribution is 5.95. The highest BCUT2D eigenvalue weighted by Crippen LogP contribution is 2.23. The largest absolute Gasteiger partial charge is 1.00 e. The number of halogens is 2. The van der Waals surface area contributed by atoms with Crippen molar-refractivity contribution in [3.63, 3.8) is 0 Å². The first-order valence-corrected chi connectivity index (χ1v) is 12.7. The molecule has 0 aliphatic rings. The lowest BCUT2D eigenvalue weighted by atomic mass is 10.1. The Morgan fingerprint density at radius 3 is 1.28 bits per heavy atom. The Morgan fingerprint density at radius 1 is 0.581 bits per heavy atom. The minimum Gasteiger partial charge on any atom is -1.00 e. The number of carboxylic acids is 2. The maximum absolute atomic E-state index is 9.64. The van der Waals surface area contributed by atoms with Crippen LogP contribution in [0.25, 0.3) is 43.6 Å². The van der Waals surface area contributed by atoms with Crippen LogP contribution in [0.4, 0.5) is 22.7 Å². The number of rotatable bonds is 3. The van der Waals surface area contributed by atoms with Gasteiger partial charge in [-0.1, -0.05) is 12.1 Å². The number of carbonyl (C=O) groups is 2. The Kier molecular flexibility index (Phi) is 11.7. The number of benzene rings is 4. The molecule has 2 aromatic heterocycles. The van der Waals surface area contributed by atoms with E-state index >= 15 is 0 Å². The van der Waals surface area contributed by atoms with Gasteiger partial charge in [-0.3, -0.25) is 9.59 Å². The minimum atomic E-state index is -1.08. The summed E-state index contributed by atoms with van der Waals surface area (Å²) in [4.78, 5) is 23.8. The van der Waals surface area contributed by atoms with E-state index in [0.717, 1.165) is 55.6 Å². The maximum Gasteiger partial charge on any atom is 0.303 e. The fraction of sp³-hybridized carbons (Fsp3) is 0.0968. The first-order chi connectivity index (χ1) is 19.5. The molecule has 0 unspecified atom stereocenters. The summed E-state index contributed by atoms with van der Waals surface area (Å²) >= 11 is 0. The van der Waals surface area contributed by atoms with Crippen LogP contribution in [0, 0.1) is 0 Å². The van der Waals surface area contributed by atoms with Crippen LogP contribution in [0.5, 0.6) is 0 Å². The molecule has 10 nitrogen and oxygen atoms in total. The van der Waals surface area contributed by atoms with E-state index in [4.69, 9.17) is 33.1 Å². The monoisotopic (exact) mass is 621 g/mol. The normalized spacial score (nSPS) is 10.1. The van der Waals surface area contributed by atoms with Gasteiger partial charge < -0.3 is 58.0 Å². The second-order valence-electron chi connectivity index (χ2n) is 9.52. The molecule has 0 radical (unpaired) electrons. The summed E-state index contributed by atoms with van der Waals surface area (Å²) in [6, 6.07) is 27.6. The van der Waals surface area contributed by atoms with E-state index in [1.807, 2.05) is 79.8 Å². The molecule has 0 spiro atoms. The molecule has 0 saturated carbocycles. The van der Waals surface area contributed by atoms with Crippen LogP contribution in [-0.4, -0.2) is 27.1 Å². The fourth-order valence-electron chi connectivity index (χ4n) is 4.31. The third kappa shape index (κ3) is 8.71. The van der Waals surface area contributed by atoms with Gasteiger partial charge in [-0.05, 0) is 60.7 Å². The number of carboxylic acid groups (broad SMARTS) is 2. The molecule has 2 heterocycles. The number of hydrogen-bond acceptors (Lipinski definition) is 7. The fourth-order valence-corrected chi connectivity index (χ4v) is 4.31. The van der Waals surface area contributed by atoms with E-state index in [-0.39, 0.29) is 37.7 Å². The average Bonchev–Trinajstić information content (AvgIpc) is 2.92. The van der Waals surface area contributed by atoms with Crippen LogP contribution >= 0.6 is 0 Å². The van der Waals surface area contributed by atoms with Gasteiger partial charge >= 0.3 is 11.9 Å². The second kappa shape index (κ2) is 14.7. The highest BCUT2D eigenvalue weighted by Gasteiger charge is 2.11. The van der Waals surface area contributed by atoms with E-state index in [9.17, 15) is 9.59 Å². The van der Waals surface area contributed by atoms with Gasteiger partial charge in [0, 0.05) is 56.4 Å². The van der Waals surface area contributed by atoms with Crippen molar-refractivity contribution in [3.05, 3.63) is 84.9 Å². The first kappa shape index (κ1) is 34.1. The zero-order chi connectivity index (χ0) is 29.7. The summed E-state index contributed by atoms with van der Waals surface area (Å²) in [6.07, 6.45) is -0.593. The molecular weight excluding hydrogens is 591 g/mol. The predicted molar refractivity (Wildman–Crippen MR) is 164 cm³/mol. The third-order valence-electron chi connectivity index (χ3n) is 6.36. The molecule has 224 valence electrons. The van der Waals surface area contributed by atoms with Crippen LogP contribution in [0.3, 0.4) is 0 Å². The maximum atomic E-state index is 9.64. The molecule has 0 atom stereocenters. The molecule has 0 bridgehead atoms. The molecule has 6 aromatic rings. The summed E-state index contributed by atoms with van der Waals surface area (Å²) in [5.74, 6) is -2.15. The number of aliphatic carboxylic acids is 2. The second-order valence-corrected chi connectivity index (χ2v) is 9.52. The Hall–Kier alpha value is -5.06. The SMILES string of the molecule is C[n+]1c2cc(N)ccc2cc2ccc(N)cc21.Nc1ccc2cc3ccc(N)cc3nc2c1.O=C(O)CCC(=O)O.[Cl-].[Cl-]. The van der Waals surface area contributed by atoms with Crippen molar-refractivity contribution in [2.24, 2.45) is 7.05 Å². The van der Waals surface area contributed by atoms with Gasteiger partial charge in [0.1, 0.15) is 7.05 Å². The van der Waals surface area contributed by atoms with Crippen LogP contribution in [0.1, 0.15) is 12.8 Å². The smallest absolute Gasteiger partial charge is 0.303 e. The lowest BCUT2D eigenvalue weighted by Crippen LogP contribution is -3.00. The summed E-state index contributed by atoms with van der Waals surface area (Å²) in [6.45, 7) is 0. The zero-order valence-corrected chi connectivity index (χ0v) is 24.7. The Morgan fingerprint density at radius 2 is 0.907 bits per heavy atom. The molecule has 6 rings (SSSR count). The predicted octanol–water partition coefficient (Wildman–Crippen LogP) is -1.52. The molecule has 0 saturated heterocycles. The van der Waals surface area contributed by atoms with Crippen LogP contribution in [0.15, 0.2) is 84.9 Å². The standard InChI is InChI=1S/C14H13N3.C13H11N3.C4H6O4.2ClH/c1-17-13-7-11(15)4-2-9(13)6-10-3-5-12(16)8-14(10)17;14-10-3-1-8-5-9-2-4-11(15)7-13(9)16-12(8)6-10;5-3(6)1-2-4(7)8;;/h2-8H,1H3,(H3,15,16);1-7H,14-15H2;1-2H2,(H,5,6)(H,7,8);2*1H/p-1. The van der Waals surface area contributed by atoms with Gasteiger partial charge in [-0.15, -0.1) is 0 Å². The molecule has 10 N–H and O–H groups in total.